The first kappa shape index (κ1) is 47.3. The molecule has 11 atom stereocenters. The van der Waals surface area contributed by atoms with Crippen molar-refractivity contribution >= 4 is 22.6 Å². The number of rotatable bonds is 9. The van der Waals surface area contributed by atoms with Crippen molar-refractivity contribution in [2.45, 2.75) is 225 Å². The van der Waals surface area contributed by atoms with Crippen molar-refractivity contribution in [2.24, 2.45) is 17.8 Å². The van der Waals surface area contributed by atoms with E-state index in [1.165, 1.54) is 5.57 Å². The van der Waals surface area contributed by atoms with Gasteiger partial charge in [-0.3, -0.25) is 4.79 Å². The fraction of sp³-hybridized carbons (Fsp3) is 0.844. The molecule has 0 radical (unpaired) electrons. The van der Waals surface area contributed by atoms with Crippen LogP contribution in [-0.4, -0.2) is 76.5 Å². The second-order valence-corrected chi connectivity index (χ2v) is 29.8. The number of aliphatic hydroxyl groups is 1. The number of carbonyl (C=O) groups excluding carboxylic acids is 1. The van der Waals surface area contributed by atoms with E-state index in [1.807, 2.05) is 13.8 Å². The molecule has 3 aliphatic heterocycles. The number of esters is 1. The highest BCUT2D eigenvalue weighted by Gasteiger charge is 2.49. The van der Waals surface area contributed by atoms with Crippen LogP contribution in [0.4, 0.5) is 0 Å². The second kappa shape index (κ2) is 19.6. The van der Waals surface area contributed by atoms with Crippen LogP contribution in [0.1, 0.15) is 140 Å². The molecule has 1 N–H and O–H groups in total. The predicted octanol–water partition coefficient (Wildman–Crippen LogP) is 11.5. The average Bonchev–Trinajstić information content (AvgIpc) is 3.63. The van der Waals surface area contributed by atoms with Gasteiger partial charge in [-0.1, -0.05) is 99.6 Å². The number of carbonyl (C=O) groups is 1. The molecule has 312 valence electrons. The van der Waals surface area contributed by atoms with Crippen molar-refractivity contribution in [3.05, 3.63) is 36.0 Å². The maximum Gasteiger partial charge on any atom is 0.309 e. The van der Waals surface area contributed by atoms with Crippen molar-refractivity contribution in [1.82, 2.24) is 0 Å². The van der Waals surface area contributed by atoms with Crippen molar-refractivity contribution in [3.8, 4) is 0 Å². The molecule has 4 bridgehead atoms. The van der Waals surface area contributed by atoms with Gasteiger partial charge < -0.3 is 28.2 Å². The van der Waals surface area contributed by atoms with Gasteiger partial charge in [0.1, 0.15) is 12.2 Å². The monoisotopic (exact) mass is 791 g/mol. The number of fused-ring (bicyclic) bond motifs is 5. The smallest absolute Gasteiger partial charge is 0.309 e. The number of hydrogen-bond acceptors (Lipinski definition) is 7. The molecule has 3 rings (SSSR count). The molecular formula is C45H82O7Si2. The molecule has 9 heteroatoms. The highest BCUT2D eigenvalue weighted by Crippen LogP contribution is 2.43. The number of allylic oxidation sites excluding steroid dienone is 3. The lowest BCUT2D eigenvalue weighted by atomic mass is 9.87. The highest BCUT2D eigenvalue weighted by atomic mass is 28.4. The van der Waals surface area contributed by atoms with E-state index in [-0.39, 0.29) is 64.5 Å². The van der Waals surface area contributed by atoms with Crippen molar-refractivity contribution in [3.63, 3.8) is 0 Å². The van der Waals surface area contributed by atoms with Crippen LogP contribution in [-0.2, 0) is 27.9 Å². The van der Waals surface area contributed by atoms with Crippen LogP contribution in [0.15, 0.2) is 36.0 Å². The third-order valence-corrected chi connectivity index (χ3v) is 22.6. The summed E-state index contributed by atoms with van der Waals surface area (Å²) in [6, 6.07) is 0. The summed E-state index contributed by atoms with van der Waals surface area (Å²) in [5.41, 5.74) is 2.13. The van der Waals surface area contributed by atoms with Crippen LogP contribution < -0.4 is 0 Å². The van der Waals surface area contributed by atoms with Gasteiger partial charge in [0.05, 0.1) is 42.5 Å². The van der Waals surface area contributed by atoms with Crippen molar-refractivity contribution < 1.29 is 33.0 Å². The summed E-state index contributed by atoms with van der Waals surface area (Å²) in [4.78, 5) is 13.5. The van der Waals surface area contributed by atoms with Crippen LogP contribution in [0, 0.1) is 17.8 Å². The van der Waals surface area contributed by atoms with Crippen LogP contribution in [0.3, 0.4) is 0 Å². The minimum Gasteiger partial charge on any atom is -0.459 e. The van der Waals surface area contributed by atoms with Gasteiger partial charge in [-0.15, -0.1) is 0 Å². The molecule has 2 saturated heterocycles. The maximum atomic E-state index is 13.5. The minimum absolute atomic E-state index is 0.000972. The average molecular weight is 791 g/mol. The molecule has 3 heterocycles. The Bertz CT molecular complexity index is 1280. The van der Waals surface area contributed by atoms with E-state index in [0.29, 0.717) is 18.8 Å². The van der Waals surface area contributed by atoms with E-state index in [4.69, 9.17) is 23.1 Å². The Kier molecular flexibility index (Phi) is 17.2. The molecule has 0 aromatic carbocycles. The lowest BCUT2D eigenvalue weighted by Gasteiger charge is -2.41. The number of aliphatic hydroxyl groups excluding tert-OH is 1. The minimum atomic E-state index is -2.07. The Morgan fingerprint density at radius 3 is 2.17 bits per heavy atom. The molecule has 0 saturated carbocycles. The standard InChI is InChI=1S/C45H82O7Si2/c1-17-36(51-53(13,14)44(7,8)9)33(5)34(6)41(46)37-26-22-23-30(2)27-38-32(4)28-39(49-38)42-40(52-54(15,16)45(10,11)12)29-35(48-42)25-21-19-18-20-24-31(3)43(47)50-37/h18-19,27,31-32,34-42,46H,5,17,20-26,28-29H2,1-4,6-16H3/b19-18+,30-27+/t31-,32+,34-,35-,36-,37?,38-,39-,40+,41-,42+/m1/s1. The van der Waals surface area contributed by atoms with E-state index in [0.717, 1.165) is 56.9 Å². The Morgan fingerprint density at radius 1 is 0.963 bits per heavy atom. The normalized spacial score (nSPS) is 33.5. The quantitative estimate of drug-likeness (QED) is 0.141. The number of hydrogen-bond donors (Lipinski definition) is 1. The zero-order valence-electron chi connectivity index (χ0n) is 37.3. The van der Waals surface area contributed by atoms with E-state index >= 15 is 0 Å². The summed E-state index contributed by atoms with van der Waals surface area (Å²) in [6.45, 7) is 37.8. The van der Waals surface area contributed by atoms with Gasteiger partial charge >= 0.3 is 5.97 Å². The molecule has 54 heavy (non-hydrogen) atoms. The Balaban J connectivity index is 1.82. The summed E-state index contributed by atoms with van der Waals surface area (Å²) in [7, 11) is -4.08. The fourth-order valence-electron chi connectivity index (χ4n) is 7.53. The molecule has 2 fully saturated rings. The second-order valence-electron chi connectivity index (χ2n) is 20.3. The molecule has 0 spiro atoms. The van der Waals surface area contributed by atoms with Crippen LogP contribution >= 0.6 is 0 Å². The zero-order chi connectivity index (χ0) is 40.8. The van der Waals surface area contributed by atoms with Crippen molar-refractivity contribution in [1.29, 1.82) is 0 Å². The Labute approximate surface area is 333 Å². The van der Waals surface area contributed by atoms with Gasteiger partial charge in [-0.25, -0.2) is 0 Å². The Morgan fingerprint density at radius 2 is 1.57 bits per heavy atom. The van der Waals surface area contributed by atoms with Crippen LogP contribution in [0.25, 0.3) is 0 Å². The first-order chi connectivity index (χ1) is 24.9. The summed E-state index contributed by atoms with van der Waals surface area (Å²) in [6.07, 6.45) is 13.3. The van der Waals surface area contributed by atoms with Crippen LogP contribution in [0.2, 0.25) is 36.3 Å². The number of cyclic esters (lactones) is 1. The predicted molar refractivity (Wildman–Crippen MR) is 229 cm³/mol. The molecule has 7 nitrogen and oxygen atoms in total. The highest BCUT2D eigenvalue weighted by molar-refractivity contribution is 6.74. The topological polar surface area (TPSA) is 83.5 Å². The summed E-state index contributed by atoms with van der Waals surface area (Å²) >= 11 is 0. The van der Waals surface area contributed by atoms with Gasteiger partial charge in [0, 0.05) is 12.3 Å². The zero-order valence-corrected chi connectivity index (χ0v) is 39.3. The van der Waals surface area contributed by atoms with Crippen LogP contribution in [0.5, 0.6) is 0 Å². The lowest BCUT2D eigenvalue weighted by molar-refractivity contribution is -0.161. The summed E-state index contributed by atoms with van der Waals surface area (Å²) in [5.74, 6) is -0.449. The molecule has 0 amide bonds. The van der Waals surface area contributed by atoms with Gasteiger partial charge in [0.25, 0.3) is 0 Å². The van der Waals surface area contributed by atoms with E-state index in [2.05, 4.69) is 113 Å². The summed E-state index contributed by atoms with van der Waals surface area (Å²) < 4.78 is 33.7. The molecule has 3 aliphatic rings. The molecule has 0 aliphatic carbocycles. The third kappa shape index (κ3) is 12.7. The van der Waals surface area contributed by atoms with Gasteiger partial charge in [0.15, 0.2) is 16.6 Å². The fourth-order valence-corrected chi connectivity index (χ4v) is 10.3. The van der Waals surface area contributed by atoms with Gasteiger partial charge in [-0.2, -0.15) is 0 Å². The lowest BCUT2D eigenvalue weighted by Crippen LogP contribution is -2.48. The number of ether oxygens (including phenoxy) is 3. The van der Waals surface area contributed by atoms with E-state index < -0.39 is 28.8 Å². The van der Waals surface area contributed by atoms with E-state index in [9.17, 15) is 9.90 Å². The van der Waals surface area contributed by atoms with Gasteiger partial charge in [0.2, 0.25) is 0 Å². The van der Waals surface area contributed by atoms with E-state index in [1.54, 1.807) is 0 Å². The SMILES string of the molecule is C=C([C@@H](C)[C@@H](O)C1CCC/C(C)=C/[C@H]2O[C@H](C[C@@H]2C)[C@@H]2O[C@H](CC/C=C/CC[C@@H](C)C(=O)O1)C[C@@H]2O[Si](C)(C)C(C)(C)C)[C@@H](CC)O[Si](C)(C)C(C)(C)C. The summed E-state index contributed by atoms with van der Waals surface area (Å²) in [5, 5.41) is 12.1. The molecular weight excluding hydrogens is 709 g/mol. The first-order valence-electron chi connectivity index (χ1n) is 21.4. The third-order valence-electron chi connectivity index (χ3n) is 13.6. The van der Waals surface area contributed by atoms with Gasteiger partial charge in [-0.05, 0) is 112 Å². The maximum absolute atomic E-state index is 13.5. The molecule has 0 aromatic heterocycles. The largest absolute Gasteiger partial charge is 0.459 e. The Hall–Kier alpha value is -1.08. The molecule has 1 unspecified atom stereocenters. The van der Waals surface area contributed by atoms with Crippen molar-refractivity contribution in [2.75, 3.05) is 0 Å². The molecule has 0 aromatic rings. The first-order valence-corrected chi connectivity index (χ1v) is 27.3.